The summed E-state index contributed by atoms with van der Waals surface area (Å²) in [4.78, 5) is 28.8. The van der Waals surface area contributed by atoms with Gasteiger partial charge in [0.2, 0.25) is 11.7 Å². The summed E-state index contributed by atoms with van der Waals surface area (Å²) >= 11 is 0. The van der Waals surface area contributed by atoms with Gasteiger partial charge in [0.05, 0.1) is 10.9 Å². The average Bonchev–Trinajstić information content (AvgIpc) is 3.46. The molecule has 5 rings (SSSR count). The molecule has 0 aliphatic carbocycles. The Balaban J connectivity index is 1.66. The van der Waals surface area contributed by atoms with E-state index < -0.39 is 11.7 Å². The zero-order chi connectivity index (χ0) is 24.2. The van der Waals surface area contributed by atoms with E-state index in [1.54, 1.807) is 23.0 Å². The summed E-state index contributed by atoms with van der Waals surface area (Å²) in [6.45, 7) is 6.85. The van der Waals surface area contributed by atoms with Crippen LogP contribution in [0.15, 0.2) is 18.3 Å². The Hall–Kier alpha value is -3.21. The van der Waals surface area contributed by atoms with E-state index in [1.807, 2.05) is 6.92 Å². The number of likely N-dealkylation sites (N-methyl/N-ethyl adjacent to an activating group) is 1. The lowest BCUT2D eigenvalue weighted by atomic mass is 10.1. The molecule has 9 nitrogen and oxygen atoms in total. The molecular weight excluding hydrogens is 442 g/mol. The fraction of sp³-hybridized carbons (Fsp3) is 0.522. The second-order valence-corrected chi connectivity index (χ2v) is 9.29. The molecule has 2 saturated heterocycles. The average molecular weight is 471 g/mol. The lowest BCUT2D eigenvalue weighted by Crippen LogP contribution is -2.32. The number of likely N-dealkylation sites (tertiary alicyclic amines) is 1. The predicted octanol–water partition coefficient (Wildman–Crippen LogP) is 2.98. The molecule has 2 fully saturated rings. The number of anilines is 2. The van der Waals surface area contributed by atoms with Crippen LogP contribution in [0, 0.1) is 5.92 Å². The van der Waals surface area contributed by atoms with Crippen LogP contribution < -0.4 is 10.2 Å². The van der Waals surface area contributed by atoms with Crippen molar-refractivity contribution in [3.05, 3.63) is 29.8 Å². The highest BCUT2D eigenvalue weighted by Gasteiger charge is 2.41. The van der Waals surface area contributed by atoms with Crippen LogP contribution in [0.4, 0.5) is 20.4 Å². The summed E-state index contributed by atoms with van der Waals surface area (Å²) in [6.07, 6.45) is 3.29. The number of amides is 1. The van der Waals surface area contributed by atoms with Gasteiger partial charge in [0.15, 0.2) is 11.6 Å². The maximum absolute atomic E-state index is 14.2. The lowest BCUT2D eigenvalue weighted by Gasteiger charge is -2.20. The molecule has 0 spiro atoms. The highest BCUT2D eigenvalue weighted by Crippen LogP contribution is 2.37. The molecule has 0 unspecified atom stereocenters. The van der Waals surface area contributed by atoms with Crippen molar-refractivity contribution in [2.45, 2.75) is 45.6 Å². The Morgan fingerprint density at radius 2 is 2.06 bits per heavy atom. The number of aromatic nitrogens is 5. The van der Waals surface area contributed by atoms with Crippen LogP contribution in [0.3, 0.4) is 0 Å². The van der Waals surface area contributed by atoms with Crippen LogP contribution in [0.5, 0.6) is 0 Å². The van der Waals surface area contributed by atoms with E-state index in [0.29, 0.717) is 35.4 Å². The number of pyridine rings is 1. The van der Waals surface area contributed by atoms with Gasteiger partial charge in [-0.3, -0.25) is 4.79 Å². The fourth-order valence-electron chi connectivity index (χ4n) is 4.97. The number of halogens is 2. The van der Waals surface area contributed by atoms with E-state index in [9.17, 15) is 13.6 Å². The normalized spacial score (nSPS) is 20.8. The molecule has 2 aliphatic heterocycles. The Morgan fingerprint density at radius 1 is 1.26 bits per heavy atom. The van der Waals surface area contributed by atoms with E-state index >= 15 is 0 Å². The van der Waals surface area contributed by atoms with Crippen molar-refractivity contribution < 1.29 is 13.6 Å². The standard InChI is InChI=1S/C23H28F2N8O/c1-5-15-8-20(29-22(28-15)23(3,24)25)33-17-9-19(27-13(2)34)26-10-16(17)21(30-33)32-11-14-6-7-31(4)18(14)12-32/h8-10,14,18H,5-7,11-12H2,1-4H3,(H,26,27,34)/t14-,18+/m0/s1. The molecule has 1 N–H and O–H groups in total. The van der Waals surface area contributed by atoms with Crippen molar-refractivity contribution in [2.24, 2.45) is 5.92 Å². The molecule has 0 radical (unpaired) electrons. The van der Waals surface area contributed by atoms with Crippen LogP contribution in [-0.2, 0) is 17.1 Å². The number of rotatable bonds is 5. The maximum atomic E-state index is 14.2. The summed E-state index contributed by atoms with van der Waals surface area (Å²) < 4.78 is 29.9. The zero-order valence-corrected chi connectivity index (χ0v) is 19.7. The third-order valence-corrected chi connectivity index (χ3v) is 6.71. The van der Waals surface area contributed by atoms with Crippen LogP contribution in [0.1, 0.15) is 38.7 Å². The molecule has 34 heavy (non-hydrogen) atoms. The largest absolute Gasteiger partial charge is 0.353 e. The number of fused-ring (bicyclic) bond motifs is 2. The summed E-state index contributed by atoms with van der Waals surface area (Å²) in [6, 6.07) is 3.84. The van der Waals surface area contributed by atoms with Gasteiger partial charge in [-0.05, 0) is 32.4 Å². The third-order valence-electron chi connectivity index (χ3n) is 6.71. The minimum absolute atomic E-state index is 0.253. The second-order valence-electron chi connectivity index (χ2n) is 9.29. The number of nitrogens with zero attached hydrogens (tertiary/aromatic N) is 7. The molecule has 2 aliphatic rings. The van der Waals surface area contributed by atoms with Crippen molar-refractivity contribution in [2.75, 3.05) is 36.9 Å². The van der Waals surface area contributed by atoms with Gasteiger partial charge in [0, 0.05) is 57.0 Å². The Bertz CT molecular complexity index is 1250. The first-order chi connectivity index (χ1) is 16.1. The van der Waals surface area contributed by atoms with Crippen LogP contribution in [-0.4, -0.2) is 68.3 Å². The predicted molar refractivity (Wildman–Crippen MR) is 124 cm³/mol. The molecular formula is C23H28F2N8O. The molecule has 5 heterocycles. The quantitative estimate of drug-likeness (QED) is 0.613. The van der Waals surface area contributed by atoms with Gasteiger partial charge < -0.3 is 15.1 Å². The SMILES string of the molecule is CCc1cc(-n2nc(N3C[C@@H]4CCN(C)[C@@H]4C3)c3cnc(NC(C)=O)cc32)nc(C(C)(F)F)n1. The van der Waals surface area contributed by atoms with Gasteiger partial charge in [-0.2, -0.15) is 8.78 Å². The summed E-state index contributed by atoms with van der Waals surface area (Å²) in [7, 11) is 2.14. The molecule has 1 amide bonds. The van der Waals surface area contributed by atoms with E-state index in [1.165, 1.54) is 6.92 Å². The minimum atomic E-state index is -3.19. The molecule has 0 aromatic carbocycles. The Labute approximate surface area is 196 Å². The van der Waals surface area contributed by atoms with Gasteiger partial charge in [-0.25, -0.2) is 19.6 Å². The van der Waals surface area contributed by atoms with Crippen LogP contribution >= 0.6 is 0 Å². The molecule has 0 bridgehead atoms. The number of carbonyl (C=O) groups is 1. The van der Waals surface area contributed by atoms with Crippen molar-refractivity contribution in [3.63, 3.8) is 0 Å². The fourth-order valence-corrected chi connectivity index (χ4v) is 4.97. The second kappa shape index (κ2) is 8.23. The van der Waals surface area contributed by atoms with Crippen LogP contribution in [0.25, 0.3) is 16.7 Å². The summed E-state index contributed by atoms with van der Waals surface area (Å²) in [5.41, 5.74) is 1.13. The van der Waals surface area contributed by atoms with Crippen molar-refractivity contribution >= 4 is 28.4 Å². The molecule has 3 aromatic rings. The molecule has 180 valence electrons. The van der Waals surface area contributed by atoms with E-state index in [0.717, 1.165) is 44.2 Å². The minimum Gasteiger partial charge on any atom is -0.353 e. The first kappa shape index (κ1) is 22.6. The van der Waals surface area contributed by atoms with Crippen molar-refractivity contribution in [1.82, 2.24) is 29.6 Å². The smallest absolute Gasteiger partial charge is 0.303 e. The monoisotopic (exact) mass is 470 g/mol. The van der Waals surface area contributed by atoms with E-state index in [4.69, 9.17) is 5.10 Å². The van der Waals surface area contributed by atoms with Gasteiger partial charge in [0.1, 0.15) is 5.82 Å². The third kappa shape index (κ3) is 3.97. The molecule has 3 aromatic heterocycles. The Kier molecular flexibility index (Phi) is 5.46. The van der Waals surface area contributed by atoms with Crippen LogP contribution in [0.2, 0.25) is 0 Å². The highest BCUT2D eigenvalue weighted by molar-refractivity contribution is 5.95. The molecule has 0 saturated carbocycles. The van der Waals surface area contributed by atoms with Gasteiger partial charge in [0.25, 0.3) is 0 Å². The van der Waals surface area contributed by atoms with E-state index in [2.05, 4.69) is 37.1 Å². The number of carbonyl (C=O) groups excluding carboxylic acids is 1. The number of hydrogen-bond donors (Lipinski definition) is 1. The number of alkyl halides is 2. The molecule has 11 heteroatoms. The summed E-state index contributed by atoms with van der Waals surface area (Å²) in [5.74, 6) is -2.06. The molecule has 2 atom stereocenters. The van der Waals surface area contributed by atoms with E-state index in [-0.39, 0.29) is 11.7 Å². The summed E-state index contributed by atoms with van der Waals surface area (Å²) in [5, 5.41) is 8.31. The topological polar surface area (TPSA) is 92.1 Å². The van der Waals surface area contributed by atoms with Crippen molar-refractivity contribution in [1.29, 1.82) is 0 Å². The Morgan fingerprint density at radius 3 is 2.74 bits per heavy atom. The highest BCUT2D eigenvalue weighted by atomic mass is 19.3. The number of hydrogen-bond acceptors (Lipinski definition) is 7. The maximum Gasteiger partial charge on any atom is 0.303 e. The zero-order valence-electron chi connectivity index (χ0n) is 19.7. The van der Waals surface area contributed by atoms with Crippen molar-refractivity contribution in [3.8, 4) is 5.82 Å². The number of nitrogens with one attached hydrogen (secondary N) is 1. The van der Waals surface area contributed by atoms with Gasteiger partial charge in [-0.15, -0.1) is 5.10 Å². The lowest BCUT2D eigenvalue weighted by molar-refractivity contribution is -0.114. The first-order valence-electron chi connectivity index (χ1n) is 11.5. The first-order valence-corrected chi connectivity index (χ1v) is 11.5. The van der Waals surface area contributed by atoms with Gasteiger partial charge in [-0.1, -0.05) is 6.92 Å². The number of aryl methyl sites for hydroxylation is 1. The van der Waals surface area contributed by atoms with Gasteiger partial charge >= 0.3 is 5.92 Å².